The van der Waals surface area contributed by atoms with Gasteiger partial charge in [0.2, 0.25) is 0 Å². The number of fused-ring (bicyclic) bond motifs is 1. The Labute approximate surface area is 257 Å². The number of aliphatic imine (C=N–C) groups is 1. The van der Waals surface area contributed by atoms with Crippen molar-refractivity contribution in [2.45, 2.75) is 13.3 Å². The molecule has 2 aliphatic carbocycles. The van der Waals surface area contributed by atoms with Crippen molar-refractivity contribution < 1.29 is 71.2 Å². The van der Waals surface area contributed by atoms with Crippen LogP contribution in [0, 0.1) is 5.41 Å². The van der Waals surface area contributed by atoms with Gasteiger partial charge in [-0.2, -0.15) is 0 Å². The average molecular weight is 515 g/mol. The van der Waals surface area contributed by atoms with Gasteiger partial charge in [0.05, 0.1) is 28.6 Å². The largest absolute Gasteiger partial charge is 1.00 e. The van der Waals surface area contributed by atoms with Gasteiger partial charge in [-0.15, -0.1) is 0 Å². The first-order chi connectivity index (χ1) is 17.4. The van der Waals surface area contributed by atoms with Crippen LogP contribution in [0.4, 0.5) is 5.69 Å². The molecule has 0 amide bonds. The van der Waals surface area contributed by atoms with Crippen LogP contribution in [-0.2, 0) is 4.79 Å². The fraction of sp³-hybridized carbons (Fsp3) is 0.100. The van der Waals surface area contributed by atoms with Gasteiger partial charge in [-0.25, -0.2) is 9.79 Å². The Morgan fingerprint density at radius 3 is 2.19 bits per heavy atom. The second kappa shape index (κ2) is 11.1. The van der Waals surface area contributed by atoms with Crippen molar-refractivity contribution in [3.63, 3.8) is 0 Å². The van der Waals surface area contributed by atoms with Gasteiger partial charge in [-0.05, 0) is 42.3 Å². The van der Waals surface area contributed by atoms with E-state index in [9.17, 15) is 19.8 Å². The summed E-state index contributed by atoms with van der Waals surface area (Å²) in [5.41, 5.74) is 6.02. The number of hydrogen-bond acceptors (Lipinski definition) is 5. The first kappa shape index (κ1) is 27.0. The van der Waals surface area contributed by atoms with Crippen molar-refractivity contribution in [2.75, 3.05) is 5.32 Å². The van der Waals surface area contributed by atoms with E-state index in [1.807, 2.05) is 60.7 Å². The molecule has 0 bridgehead atoms. The van der Waals surface area contributed by atoms with Gasteiger partial charge in [-0.1, -0.05) is 73.7 Å². The molecule has 0 saturated carbocycles. The number of carbonyl (C=O) groups excluding carboxylic acids is 1. The van der Waals surface area contributed by atoms with Crippen LogP contribution in [0.3, 0.4) is 0 Å². The third kappa shape index (κ3) is 5.46. The van der Waals surface area contributed by atoms with Crippen molar-refractivity contribution in [3.05, 3.63) is 125 Å². The van der Waals surface area contributed by atoms with Crippen molar-refractivity contribution in [2.24, 2.45) is 10.4 Å². The summed E-state index contributed by atoms with van der Waals surface area (Å²) in [5, 5.41) is 24.3. The third-order valence-electron chi connectivity index (χ3n) is 6.47. The number of carbonyl (C=O) groups is 2. The summed E-state index contributed by atoms with van der Waals surface area (Å²) in [6.07, 6.45) is 5.49. The normalized spacial score (nSPS) is 19.2. The second-order valence-electron chi connectivity index (χ2n) is 9.00. The number of aromatic carboxylic acids is 1. The summed E-state index contributed by atoms with van der Waals surface area (Å²) < 4.78 is 0. The molecule has 2 aliphatic rings. The predicted octanol–water partition coefficient (Wildman–Crippen LogP) is 1.77. The SMILES string of the molecule is CC1(C(=O)[O-])C=CC(N=C2C(c3ccccc3)=C(Nc3ccc(C(=O)O)cc3)c3ccccc32)=CC1.[K+]. The average Bonchev–Trinajstić information content (AvgIpc) is 3.19. The predicted molar refractivity (Wildman–Crippen MR) is 138 cm³/mol. The van der Waals surface area contributed by atoms with Crippen LogP contribution in [-0.4, -0.2) is 22.8 Å². The van der Waals surface area contributed by atoms with E-state index >= 15 is 0 Å². The fourth-order valence-corrected chi connectivity index (χ4v) is 4.35. The third-order valence-corrected chi connectivity index (χ3v) is 6.47. The Morgan fingerprint density at radius 2 is 1.59 bits per heavy atom. The van der Waals surface area contributed by atoms with E-state index in [0.717, 1.165) is 39.4 Å². The van der Waals surface area contributed by atoms with E-state index in [0.29, 0.717) is 12.1 Å². The zero-order chi connectivity index (χ0) is 25.3. The van der Waals surface area contributed by atoms with E-state index in [-0.39, 0.29) is 56.9 Å². The second-order valence-corrected chi connectivity index (χ2v) is 9.00. The monoisotopic (exact) mass is 514 g/mol. The van der Waals surface area contributed by atoms with Crippen molar-refractivity contribution in [1.29, 1.82) is 0 Å². The number of nitrogens with zero attached hydrogens (tertiary/aromatic N) is 1. The van der Waals surface area contributed by atoms with Crippen LogP contribution in [0.1, 0.15) is 40.4 Å². The van der Waals surface area contributed by atoms with Crippen LogP contribution in [0.2, 0.25) is 0 Å². The van der Waals surface area contributed by atoms with E-state index < -0.39 is 17.4 Å². The first-order valence-corrected chi connectivity index (χ1v) is 11.6. The summed E-state index contributed by atoms with van der Waals surface area (Å²) in [4.78, 5) is 27.8. The van der Waals surface area contributed by atoms with Gasteiger partial charge >= 0.3 is 57.4 Å². The Balaban J connectivity index is 0.00000320. The molecular weight excluding hydrogens is 491 g/mol. The molecule has 6 nitrogen and oxygen atoms in total. The van der Waals surface area contributed by atoms with E-state index in [4.69, 9.17) is 4.99 Å². The van der Waals surface area contributed by atoms with Crippen molar-refractivity contribution in [3.8, 4) is 0 Å². The van der Waals surface area contributed by atoms with Crippen LogP contribution < -0.4 is 61.8 Å². The van der Waals surface area contributed by atoms with E-state index in [1.165, 1.54) is 0 Å². The van der Waals surface area contributed by atoms with Crippen LogP contribution >= 0.6 is 0 Å². The maximum atomic E-state index is 11.5. The molecule has 0 heterocycles. The topological polar surface area (TPSA) is 102 Å². The minimum Gasteiger partial charge on any atom is -0.549 e. The van der Waals surface area contributed by atoms with Crippen molar-refractivity contribution >= 4 is 34.6 Å². The number of rotatable bonds is 6. The van der Waals surface area contributed by atoms with Crippen LogP contribution in [0.15, 0.2) is 108 Å². The molecule has 1 atom stereocenters. The van der Waals surface area contributed by atoms with Crippen LogP contribution in [0.5, 0.6) is 0 Å². The molecule has 0 fully saturated rings. The number of carboxylic acid groups (broad SMARTS) is 2. The minimum absolute atomic E-state index is 0. The number of hydrogen-bond donors (Lipinski definition) is 2. The van der Waals surface area contributed by atoms with Gasteiger partial charge in [0.15, 0.2) is 0 Å². The molecule has 5 rings (SSSR count). The summed E-state index contributed by atoms with van der Waals surface area (Å²) in [6.45, 7) is 1.64. The number of allylic oxidation sites excluding steroid dienone is 3. The van der Waals surface area contributed by atoms with E-state index in [2.05, 4.69) is 5.32 Å². The fourth-order valence-electron chi connectivity index (χ4n) is 4.35. The van der Waals surface area contributed by atoms with Gasteiger partial charge in [-0.3, -0.25) is 0 Å². The summed E-state index contributed by atoms with van der Waals surface area (Å²) in [5.74, 6) is -2.09. The molecule has 3 aromatic rings. The van der Waals surface area contributed by atoms with Gasteiger partial charge in [0.1, 0.15) is 0 Å². The Bertz CT molecular complexity index is 1490. The summed E-state index contributed by atoms with van der Waals surface area (Å²) >= 11 is 0. The number of anilines is 1. The molecule has 178 valence electrons. The first-order valence-electron chi connectivity index (χ1n) is 11.6. The standard InChI is InChI=1S/C30H24N2O4.K/c1-30(29(35)36)17-15-22(16-18-30)32-27-24-10-6-5-9-23(24)26(25(27)19-7-3-2-4-8-19)31-21-13-11-20(12-14-21)28(33)34;/h2-17,31H,18H2,1H3,(H,33,34)(H,35,36);/q;+1/p-1. The molecule has 0 radical (unpaired) electrons. The molecule has 0 aromatic heterocycles. The van der Waals surface area contributed by atoms with Gasteiger partial charge in [0, 0.05) is 27.8 Å². The zero-order valence-corrected chi connectivity index (χ0v) is 23.7. The molecule has 2 N–H and O–H groups in total. The quantitative estimate of drug-likeness (QED) is 0.489. The number of nitrogens with one attached hydrogen (secondary N) is 1. The van der Waals surface area contributed by atoms with Crippen LogP contribution in [0.25, 0.3) is 11.3 Å². The van der Waals surface area contributed by atoms with Gasteiger partial charge < -0.3 is 20.3 Å². The van der Waals surface area contributed by atoms with E-state index in [1.54, 1.807) is 43.3 Å². The molecule has 1 unspecified atom stereocenters. The zero-order valence-electron chi connectivity index (χ0n) is 20.6. The molecular formula is C30H23KN2O4. The maximum absolute atomic E-state index is 11.5. The van der Waals surface area contributed by atoms with Crippen molar-refractivity contribution in [1.82, 2.24) is 0 Å². The summed E-state index contributed by atoms with van der Waals surface area (Å²) in [7, 11) is 0. The summed E-state index contributed by atoms with van der Waals surface area (Å²) in [6, 6.07) is 24.5. The van der Waals surface area contributed by atoms with Gasteiger partial charge in [0.25, 0.3) is 0 Å². The molecule has 3 aromatic carbocycles. The number of aliphatic carboxylic acids is 1. The minimum atomic E-state index is -1.11. The Hall–Kier alpha value is -3.07. The molecule has 0 spiro atoms. The number of carboxylic acids is 2. The molecule has 7 heteroatoms. The molecule has 0 saturated heterocycles. The Kier molecular flexibility index (Phi) is 8.11. The smallest absolute Gasteiger partial charge is 0.549 e. The number of benzene rings is 3. The Morgan fingerprint density at radius 1 is 0.946 bits per heavy atom. The maximum Gasteiger partial charge on any atom is 1.00 e. The molecule has 37 heavy (non-hydrogen) atoms. The molecule has 0 aliphatic heterocycles.